The summed E-state index contributed by atoms with van der Waals surface area (Å²) in [6.45, 7) is 9.49. The quantitative estimate of drug-likeness (QED) is 0.779. The maximum absolute atomic E-state index is 4.15. The summed E-state index contributed by atoms with van der Waals surface area (Å²) in [6.07, 6.45) is 2.36. The third kappa shape index (κ3) is 3.01. The summed E-state index contributed by atoms with van der Waals surface area (Å²) in [5.41, 5.74) is 0. The normalized spacial score (nSPS) is 20.3. The first-order chi connectivity index (χ1) is 8.35. The molecule has 1 fully saturated rings. The van der Waals surface area contributed by atoms with Gasteiger partial charge in [0.05, 0.1) is 12.6 Å². The van der Waals surface area contributed by atoms with E-state index in [2.05, 4.69) is 39.6 Å². The molecule has 2 heterocycles. The minimum absolute atomic E-state index is 0.349. The van der Waals surface area contributed by atoms with Gasteiger partial charge in [-0.2, -0.15) is 0 Å². The van der Waals surface area contributed by atoms with E-state index in [1.54, 1.807) is 0 Å². The number of hydrogen-bond donors (Lipinski definition) is 1. The van der Waals surface area contributed by atoms with Crippen LogP contribution in [0.3, 0.4) is 0 Å². The number of nitrogens with one attached hydrogen (secondary N) is 1. The first-order valence-electron chi connectivity index (χ1n) is 6.57. The molecule has 2 rings (SSSR count). The van der Waals surface area contributed by atoms with Gasteiger partial charge >= 0.3 is 0 Å². The fraction of sp³-hybridized carbons (Fsp3) is 0.909. The van der Waals surface area contributed by atoms with E-state index in [-0.39, 0.29) is 0 Å². The van der Waals surface area contributed by atoms with Crippen molar-refractivity contribution in [2.75, 3.05) is 26.2 Å². The van der Waals surface area contributed by atoms with Gasteiger partial charge in [-0.25, -0.2) is 4.68 Å². The van der Waals surface area contributed by atoms with Crippen LogP contribution in [0.25, 0.3) is 0 Å². The van der Waals surface area contributed by atoms with Crippen LogP contribution in [-0.2, 0) is 6.54 Å². The fourth-order valence-electron chi connectivity index (χ4n) is 2.30. The molecule has 1 aliphatic heterocycles. The van der Waals surface area contributed by atoms with Gasteiger partial charge in [0, 0.05) is 6.54 Å². The van der Waals surface area contributed by atoms with Crippen LogP contribution in [0.15, 0.2) is 0 Å². The van der Waals surface area contributed by atoms with Gasteiger partial charge < -0.3 is 10.2 Å². The van der Waals surface area contributed by atoms with E-state index < -0.39 is 0 Å². The molecule has 1 aromatic heterocycles. The van der Waals surface area contributed by atoms with Crippen molar-refractivity contribution in [3.63, 3.8) is 0 Å². The second kappa shape index (κ2) is 6.07. The molecule has 6 heteroatoms. The van der Waals surface area contributed by atoms with E-state index >= 15 is 0 Å². The topological polar surface area (TPSA) is 58.9 Å². The smallest absolute Gasteiger partial charge is 0.168 e. The third-order valence-corrected chi connectivity index (χ3v) is 3.45. The Bertz CT molecular complexity index is 326. The van der Waals surface area contributed by atoms with Gasteiger partial charge in [-0.3, -0.25) is 0 Å². The van der Waals surface area contributed by atoms with Crippen LogP contribution in [0.1, 0.15) is 38.6 Å². The van der Waals surface area contributed by atoms with Crippen molar-refractivity contribution in [2.24, 2.45) is 0 Å². The third-order valence-electron chi connectivity index (χ3n) is 3.45. The molecular formula is C11H22N6. The molecule has 0 radical (unpaired) electrons. The van der Waals surface area contributed by atoms with Gasteiger partial charge in [0.25, 0.3) is 0 Å². The highest BCUT2D eigenvalue weighted by Gasteiger charge is 2.22. The molecule has 1 saturated heterocycles. The minimum Gasteiger partial charge on any atom is -0.307 e. The fourth-order valence-corrected chi connectivity index (χ4v) is 2.30. The highest BCUT2D eigenvalue weighted by molar-refractivity contribution is 4.95. The maximum Gasteiger partial charge on any atom is 0.168 e. The molecular weight excluding hydrogens is 216 g/mol. The Labute approximate surface area is 102 Å². The Balaban J connectivity index is 1.94. The lowest BCUT2D eigenvalue weighted by Crippen LogP contribution is -2.29. The molecule has 6 nitrogen and oxygen atoms in total. The second-order valence-corrected chi connectivity index (χ2v) is 4.44. The van der Waals surface area contributed by atoms with E-state index in [0.29, 0.717) is 6.04 Å². The van der Waals surface area contributed by atoms with Gasteiger partial charge in [-0.05, 0) is 42.9 Å². The number of aromatic nitrogens is 4. The van der Waals surface area contributed by atoms with Crippen molar-refractivity contribution in [1.82, 2.24) is 30.4 Å². The average molecular weight is 238 g/mol. The molecule has 96 valence electrons. The molecule has 0 unspecified atom stereocenters. The van der Waals surface area contributed by atoms with Gasteiger partial charge in [0.2, 0.25) is 0 Å². The predicted molar refractivity (Wildman–Crippen MR) is 65.6 cm³/mol. The van der Waals surface area contributed by atoms with Crippen molar-refractivity contribution in [3.05, 3.63) is 5.82 Å². The molecule has 1 N–H and O–H groups in total. The Hall–Kier alpha value is -1.01. The minimum atomic E-state index is 0.349. The van der Waals surface area contributed by atoms with Crippen LogP contribution in [-0.4, -0.2) is 51.3 Å². The first-order valence-corrected chi connectivity index (χ1v) is 6.57. The van der Waals surface area contributed by atoms with E-state index in [9.17, 15) is 0 Å². The van der Waals surface area contributed by atoms with Crippen LogP contribution in [0, 0.1) is 0 Å². The van der Waals surface area contributed by atoms with Crippen LogP contribution in [0.5, 0.6) is 0 Å². The maximum atomic E-state index is 4.15. The van der Waals surface area contributed by atoms with E-state index in [1.807, 2.05) is 4.68 Å². The second-order valence-electron chi connectivity index (χ2n) is 4.44. The van der Waals surface area contributed by atoms with Crippen LogP contribution >= 0.6 is 0 Å². The summed E-state index contributed by atoms with van der Waals surface area (Å²) in [4.78, 5) is 2.38. The van der Waals surface area contributed by atoms with Crippen LogP contribution in [0.4, 0.5) is 0 Å². The number of likely N-dealkylation sites (N-methyl/N-ethyl adjacent to an activating group) is 1. The summed E-state index contributed by atoms with van der Waals surface area (Å²) in [5, 5.41) is 15.5. The number of nitrogens with zero attached hydrogens (tertiary/aromatic N) is 5. The predicted octanol–water partition coefficient (Wildman–Crippen LogP) is 0.439. The molecule has 17 heavy (non-hydrogen) atoms. The van der Waals surface area contributed by atoms with E-state index in [1.165, 1.54) is 6.42 Å². The van der Waals surface area contributed by atoms with Crippen molar-refractivity contribution in [2.45, 2.75) is 39.3 Å². The average Bonchev–Trinajstić information content (AvgIpc) is 3.00. The molecule has 0 saturated carbocycles. The molecule has 1 aromatic rings. The largest absolute Gasteiger partial charge is 0.307 e. The molecule has 0 bridgehead atoms. The Kier molecular flexibility index (Phi) is 4.44. The van der Waals surface area contributed by atoms with Crippen molar-refractivity contribution >= 4 is 0 Å². The van der Waals surface area contributed by atoms with Crippen molar-refractivity contribution < 1.29 is 0 Å². The molecule has 0 aliphatic carbocycles. The first kappa shape index (κ1) is 12.4. The highest BCUT2D eigenvalue weighted by atomic mass is 15.5. The van der Waals surface area contributed by atoms with Gasteiger partial charge in [0.15, 0.2) is 5.82 Å². The lowest BCUT2D eigenvalue weighted by molar-refractivity contribution is 0.280. The zero-order valence-electron chi connectivity index (χ0n) is 10.8. The van der Waals surface area contributed by atoms with Crippen molar-refractivity contribution in [3.8, 4) is 0 Å². The zero-order valence-corrected chi connectivity index (χ0v) is 10.8. The Morgan fingerprint density at radius 2 is 2.24 bits per heavy atom. The zero-order chi connectivity index (χ0) is 12.1. The number of tetrazole rings is 1. The van der Waals surface area contributed by atoms with E-state index in [4.69, 9.17) is 0 Å². The van der Waals surface area contributed by atoms with Crippen LogP contribution < -0.4 is 5.32 Å². The Morgan fingerprint density at radius 3 is 2.88 bits per heavy atom. The number of hydrogen-bond acceptors (Lipinski definition) is 5. The van der Waals surface area contributed by atoms with Gasteiger partial charge in [-0.1, -0.05) is 13.8 Å². The lowest BCUT2D eigenvalue weighted by atomic mass is 10.2. The van der Waals surface area contributed by atoms with Crippen LogP contribution in [0.2, 0.25) is 0 Å². The highest BCUT2D eigenvalue weighted by Crippen LogP contribution is 2.19. The molecule has 0 amide bonds. The van der Waals surface area contributed by atoms with Gasteiger partial charge in [-0.15, -0.1) is 5.10 Å². The standard InChI is InChI=1S/C11H22N6/c1-3-16(4-2)8-9-17-11(13-14-15-17)10-6-5-7-12-10/h10,12H,3-9H2,1-2H3/t10-/m0/s1. The Morgan fingerprint density at radius 1 is 1.41 bits per heavy atom. The van der Waals surface area contributed by atoms with Crippen molar-refractivity contribution in [1.29, 1.82) is 0 Å². The molecule has 1 atom stereocenters. The summed E-state index contributed by atoms with van der Waals surface area (Å²) in [6, 6.07) is 0.349. The number of rotatable bonds is 6. The summed E-state index contributed by atoms with van der Waals surface area (Å²) < 4.78 is 1.95. The summed E-state index contributed by atoms with van der Waals surface area (Å²) >= 11 is 0. The summed E-state index contributed by atoms with van der Waals surface area (Å²) in [5.74, 6) is 0.995. The van der Waals surface area contributed by atoms with E-state index in [0.717, 1.165) is 45.0 Å². The monoisotopic (exact) mass is 238 g/mol. The lowest BCUT2D eigenvalue weighted by Gasteiger charge is -2.18. The molecule has 1 aliphatic rings. The molecule has 0 aromatic carbocycles. The molecule has 0 spiro atoms. The SMILES string of the molecule is CCN(CC)CCn1nnnc1[C@@H]1CCCN1. The summed E-state index contributed by atoms with van der Waals surface area (Å²) in [7, 11) is 0. The van der Waals surface area contributed by atoms with Gasteiger partial charge in [0.1, 0.15) is 0 Å².